The Morgan fingerprint density at radius 3 is 2.29 bits per heavy atom. The maximum absolute atomic E-state index is 13.0. The number of anilines is 1. The van der Waals surface area contributed by atoms with Crippen molar-refractivity contribution in [2.45, 2.75) is 71.3 Å². The van der Waals surface area contributed by atoms with Gasteiger partial charge in [-0.1, -0.05) is 43.5 Å². The van der Waals surface area contributed by atoms with E-state index in [2.05, 4.69) is 41.1 Å². The molecule has 0 spiro atoms. The molecule has 0 unspecified atom stereocenters. The van der Waals surface area contributed by atoms with Crippen molar-refractivity contribution in [2.24, 2.45) is 0 Å². The summed E-state index contributed by atoms with van der Waals surface area (Å²) in [6.45, 7) is 8.33. The summed E-state index contributed by atoms with van der Waals surface area (Å²) in [7, 11) is 0. The maximum Gasteiger partial charge on any atom is 0.490 e. The van der Waals surface area contributed by atoms with Crippen molar-refractivity contribution in [2.75, 3.05) is 11.6 Å². The predicted octanol–water partition coefficient (Wildman–Crippen LogP) is 4.96. The molecule has 0 bridgehead atoms. The van der Waals surface area contributed by atoms with Gasteiger partial charge in [0, 0.05) is 18.2 Å². The first-order valence-corrected chi connectivity index (χ1v) is 12.4. The summed E-state index contributed by atoms with van der Waals surface area (Å²) >= 11 is 6.33. The Bertz CT molecular complexity index is 1130. The Balaban J connectivity index is 0.000000638. The van der Waals surface area contributed by atoms with E-state index in [0.29, 0.717) is 22.4 Å². The number of carboxylic acid groups (broad SMARTS) is 1. The van der Waals surface area contributed by atoms with Crippen LogP contribution in [0.15, 0.2) is 30.5 Å². The van der Waals surface area contributed by atoms with Gasteiger partial charge < -0.3 is 5.11 Å². The molecule has 1 aromatic heterocycles. The smallest absolute Gasteiger partial charge is 0.475 e. The van der Waals surface area contributed by atoms with E-state index in [4.69, 9.17) is 21.5 Å². The number of aliphatic carboxylic acids is 1. The van der Waals surface area contributed by atoms with Crippen molar-refractivity contribution in [3.05, 3.63) is 52.4 Å². The van der Waals surface area contributed by atoms with Gasteiger partial charge in [-0.25, -0.2) is 9.78 Å². The summed E-state index contributed by atoms with van der Waals surface area (Å²) in [5.41, 5.74) is 4.70. The molecule has 1 saturated carbocycles. The molecular formula is C25H30ClF3N6O3. The lowest BCUT2D eigenvalue weighted by molar-refractivity contribution is -0.192. The number of alkyl halides is 3. The number of rotatable bonds is 8. The third-order valence-corrected chi connectivity index (χ3v) is 6.21. The Morgan fingerprint density at radius 2 is 1.82 bits per heavy atom. The van der Waals surface area contributed by atoms with Crippen LogP contribution in [0, 0.1) is 11.3 Å². The molecule has 13 heteroatoms. The van der Waals surface area contributed by atoms with Gasteiger partial charge in [0.25, 0.3) is 5.91 Å². The number of benzene rings is 1. The Labute approximate surface area is 224 Å². The van der Waals surface area contributed by atoms with Crippen LogP contribution < -0.4 is 10.4 Å². The molecule has 0 saturated heterocycles. The van der Waals surface area contributed by atoms with Gasteiger partial charge in [-0.3, -0.25) is 20.1 Å². The molecule has 1 fully saturated rings. The number of carboxylic acids is 1. The standard InChI is InChI=1S/C23H29ClN6O.C2HF3O2/c1-4-29(16(2)3)15-17-9-11-18(12-10-17)23(31)28-30(19-7-5-6-8-19)22-20(24)14-26-21(13-25)27-22;3-2(4,5)1(6)7/h9-12,14,16,19H,4-8,15H2,1-3H3,(H,28,31);(H,6,7). The number of nitriles is 1. The second kappa shape index (κ2) is 13.9. The number of aromatic nitrogens is 2. The summed E-state index contributed by atoms with van der Waals surface area (Å²) in [4.78, 5) is 32.5. The highest BCUT2D eigenvalue weighted by Gasteiger charge is 2.38. The highest BCUT2D eigenvalue weighted by molar-refractivity contribution is 6.32. The molecule has 0 radical (unpaired) electrons. The molecule has 206 valence electrons. The van der Waals surface area contributed by atoms with Gasteiger partial charge in [-0.05, 0) is 50.9 Å². The van der Waals surface area contributed by atoms with Crippen molar-refractivity contribution in [3.8, 4) is 6.07 Å². The van der Waals surface area contributed by atoms with Crippen molar-refractivity contribution in [1.29, 1.82) is 5.26 Å². The van der Waals surface area contributed by atoms with Crippen molar-refractivity contribution in [1.82, 2.24) is 20.3 Å². The molecule has 2 N–H and O–H groups in total. The number of halogens is 4. The average molecular weight is 555 g/mol. The first-order chi connectivity index (χ1) is 17.9. The quantitative estimate of drug-likeness (QED) is 0.439. The van der Waals surface area contributed by atoms with Crippen molar-refractivity contribution >= 4 is 29.3 Å². The molecule has 0 atom stereocenters. The molecule has 9 nitrogen and oxygen atoms in total. The fourth-order valence-corrected chi connectivity index (χ4v) is 4.07. The molecule has 0 aliphatic heterocycles. The second-order valence-corrected chi connectivity index (χ2v) is 9.29. The van der Waals surface area contributed by atoms with Crippen LogP contribution in [0.4, 0.5) is 19.0 Å². The minimum atomic E-state index is -5.08. The largest absolute Gasteiger partial charge is 0.490 e. The molecule has 1 heterocycles. The lowest BCUT2D eigenvalue weighted by Crippen LogP contribution is -2.48. The first-order valence-electron chi connectivity index (χ1n) is 12.0. The normalized spacial score (nSPS) is 13.6. The average Bonchev–Trinajstić information content (AvgIpc) is 3.41. The van der Waals surface area contributed by atoms with Gasteiger partial charge in [0.15, 0.2) is 5.82 Å². The highest BCUT2D eigenvalue weighted by atomic mass is 35.5. The number of nitrogens with one attached hydrogen (secondary N) is 1. The van der Waals surface area contributed by atoms with E-state index in [1.165, 1.54) is 6.20 Å². The summed E-state index contributed by atoms with van der Waals surface area (Å²) in [5.74, 6) is -2.61. The Morgan fingerprint density at radius 1 is 1.24 bits per heavy atom. The van der Waals surface area contributed by atoms with E-state index in [0.717, 1.165) is 44.3 Å². The summed E-state index contributed by atoms with van der Waals surface area (Å²) in [5, 5.41) is 18.3. The number of amides is 1. The number of hydrogen-bond donors (Lipinski definition) is 2. The van der Waals surface area contributed by atoms with Gasteiger partial charge >= 0.3 is 12.1 Å². The molecular weight excluding hydrogens is 525 g/mol. The van der Waals surface area contributed by atoms with E-state index in [-0.39, 0.29) is 17.8 Å². The molecule has 1 amide bonds. The summed E-state index contributed by atoms with van der Waals surface area (Å²) < 4.78 is 31.7. The van der Waals surface area contributed by atoms with Gasteiger partial charge in [-0.15, -0.1) is 0 Å². The summed E-state index contributed by atoms with van der Waals surface area (Å²) in [6.07, 6.45) is 0.305. The third kappa shape index (κ3) is 8.85. The lowest BCUT2D eigenvalue weighted by Gasteiger charge is -2.30. The Hall–Kier alpha value is -3.43. The van der Waals surface area contributed by atoms with Crippen LogP contribution in [-0.2, 0) is 11.3 Å². The number of carbonyl (C=O) groups excluding carboxylic acids is 1. The van der Waals surface area contributed by atoms with Gasteiger partial charge in [-0.2, -0.15) is 23.4 Å². The number of nitrogens with zero attached hydrogens (tertiary/aromatic N) is 5. The highest BCUT2D eigenvalue weighted by Crippen LogP contribution is 2.30. The van der Waals surface area contributed by atoms with Crippen LogP contribution in [0.25, 0.3) is 0 Å². The second-order valence-electron chi connectivity index (χ2n) is 8.88. The fraction of sp³-hybridized carbons (Fsp3) is 0.480. The van der Waals surface area contributed by atoms with Crippen LogP contribution in [0.5, 0.6) is 0 Å². The van der Waals surface area contributed by atoms with E-state index in [9.17, 15) is 23.2 Å². The maximum atomic E-state index is 13.0. The Kier molecular flexibility index (Phi) is 11.3. The van der Waals surface area contributed by atoms with Crippen LogP contribution >= 0.6 is 11.6 Å². The van der Waals surface area contributed by atoms with Gasteiger partial charge in [0.1, 0.15) is 11.1 Å². The van der Waals surface area contributed by atoms with Crippen LogP contribution in [0.2, 0.25) is 5.02 Å². The number of hydrazine groups is 1. The molecule has 2 aromatic rings. The molecule has 1 aliphatic rings. The van der Waals surface area contributed by atoms with E-state index >= 15 is 0 Å². The number of hydrogen-bond acceptors (Lipinski definition) is 7. The zero-order chi connectivity index (χ0) is 28.5. The minimum Gasteiger partial charge on any atom is -0.475 e. The van der Waals surface area contributed by atoms with Crippen molar-refractivity contribution in [3.63, 3.8) is 0 Å². The van der Waals surface area contributed by atoms with Crippen LogP contribution in [-0.4, -0.2) is 56.7 Å². The minimum absolute atomic E-state index is 0.0200. The molecule has 38 heavy (non-hydrogen) atoms. The lowest BCUT2D eigenvalue weighted by atomic mass is 10.1. The van der Waals surface area contributed by atoms with Gasteiger partial charge in [0.2, 0.25) is 5.82 Å². The first kappa shape index (κ1) is 30.8. The number of carbonyl (C=O) groups is 2. The zero-order valence-corrected chi connectivity index (χ0v) is 22.1. The molecule has 1 aliphatic carbocycles. The van der Waals surface area contributed by atoms with Gasteiger partial charge in [0.05, 0.1) is 12.2 Å². The van der Waals surface area contributed by atoms with E-state index in [1.54, 1.807) is 5.01 Å². The molecule has 3 rings (SSSR count). The third-order valence-electron chi connectivity index (χ3n) is 5.95. The topological polar surface area (TPSA) is 122 Å². The SMILES string of the molecule is CCN(Cc1ccc(C(=O)NN(c2nc(C#N)ncc2Cl)C2CCCC2)cc1)C(C)C.O=C(O)C(F)(F)F. The zero-order valence-electron chi connectivity index (χ0n) is 21.3. The predicted molar refractivity (Wildman–Crippen MR) is 135 cm³/mol. The monoisotopic (exact) mass is 554 g/mol. The van der Waals surface area contributed by atoms with Crippen molar-refractivity contribution < 1.29 is 27.9 Å². The summed E-state index contributed by atoms with van der Waals surface area (Å²) in [6, 6.07) is 10.1. The van der Waals surface area contributed by atoms with Crippen LogP contribution in [0.3, 0.4) is 0 Å². The van der Waals surface area contributed by atoms with Crippen LogP contribution in [0.1, 0.15) is 68.2 Å². The van der Waals surface area contributed by atoms with E-state index in [1.807, 2.05) is 30.3 Å². The van der Waals surface area contributed by atoms with E-state index < -0.39 is 12.1 Å². The fourth-order valence-electron chi connectivity index (χ4n) is 3.89. The molecule has 1 aromatic carbocycles.